The Balaban J connectivity index is 2.14. The third-order valence-corrected chi connectivity index (χ3v) is 4.24. The zero-order valence-electron chi connectivity index (χ0n) is 12.4. The van der Waals surface area contributed by atoms with Crippen molar-refractivity contribution in [2.24, 2.45) is 5.92 Å². The molecule has 1 aliphatic rings. The smallest absolute Gasteiger partial charge is 0.246 e. The van der Waals surface area contributed by atoms with Crippen LogP contribution in [0.15, 0.2) is 30.3 Å². The molecule has 6 atom stereocenters. The molecule has 23 heavy (non-hydrogen) atoms. The summed E-state index contributed by atoms with van der Waals surface area (Å²) in [6, 6.07) is 7.48. The van der Waals surface area contributed by atoms with Gasteiger partial charge in [0.15, 0.2) is 0 Å². The predicted molar refractivity (Wildman–Crippen MR) is 79.0 cm³/mol. The fraction of sp³-hybridized carbons (Fsp3) is 0.600. The molecule has 2 rings (SSSR count). The van der Waals surface area contributed by atoms with Gasteiger partial charge in [-0.2, -0.15) is 0 Å². The number of rotatable bonds is 6. The highest BCUT2D eigenvalue weighted by molar-refractivity contribution is 5.13. The van der Waals surface area contributed by atoms with Crippen molar-refractivity contribution < 1.29 is 30.1 Å². The molecule has 0 aromatic heterocycles. The van der Waals surface area contributed by atoms with E-state index in [9.17, 15) is 25.4 Å². The second-order valence-corrected chi connectivity index (χ2v) is 5.69. The maximum Gasteiger partial charge on any atom is 0.246 e. The molecule has 8 heteroatoms. The predicted octanol–water partition coefficient (Wildman–Crippen LogP) is -0.688. The van der Waals surface area contributed by atoms with E-state index in [0.29, 0.717) is 0 Å². The summed E-state index contributed by atoms with van der Waals surface area (Å²) in [6.45, 7) is -0.290. The molecule has 1 aliphatic carbocycles. The maximum atomic E-state index is 11.1. The van der Waals surface area contributed by atoms with Crippen molar-refractivity contribution in [3.05, 3.63) is 46.0 Å². The molecule has 8 nitrogen and oxygen atoms in total. The first kappa shape index (κ1) is 17.8. The maximum absolute atomic E-state index is 11.1. The summed E-state index contributed by atoms with van der Waals surface area (Å²) in [4.78, 5) is 10.4. The summed E-state index contributed by atoms with van der Waals surface area (Å²) in [7, 11) is 0. The molecule has 128 valence electrons. The van der Waals surface area contributed by atoms with Crippen LogP contribution in [0.5, 0.6) is 0 Å². The second-order valence-electron chi connectivity index (χ2n) is 5.69. The van der Waals surface area contributed by atoms with Crippen molar-refractivity contribution in [3.63, 3.8) is 0 Å². The number of benzene rings is 1. The Morgan fingerprint density at radius 3 is 2.30 bits per heavy atom. The molecule has 0 heterocycles. The molecule has 0 saturated heterocycles. The summed E-state index contributed by atoms with van der Waals surface area (Å²) < 4.78 is 5.50. The van der Waals surface area contributed by atoms with Crippen molar-refractivity contribution in [1.29, 1.82) is 0 Å². The molecule has 1 aromatic rings. The van der Waals surface area contributed by atoms with Gasteiger partial charge in [-0.1, -0.05) is 30.3 Å². The van der Waals surface area contributed by atoms with Gasteiger partial charge in [0.2, 0.25) is 6.04 Å². The minimum Gasteiger partial charge on any atom is -0.396 e. The summed E-state index contributed by atoms with van der Waals surface area (Å²) in [5.74, 6) is -1.01. The first-order valence-corrected chi connectivity index (χ1v) is 7.41. The highest BCUT2D eigenvalue weighted by atomic mass is 16.6. The van der Waals surface area contributed by atoms with Crippen LogP contribution in [0, 0.1) is 16.0 Å². The Labute approximate surface area is 133 Å². The minimum absolute atomic E-state index is 0.0677. The van der Waals surface area contributed by atoms with E-state index < -0.39 is 41.3 Å². The summed E-state index contributed by atoms with van der Waals surface area (Å²) >= 11 is 0. The van der Waals surface area contributed by atoms with E-state index >= 15 is 0 Å². The summed E-state index contributed by atoms with van der Waals surface area (Å²) in [5, 5.41) is 50.6. The van der Waals surface area contributed by atoms with Crippen LogP contribution in [0.25, 0.3) is 0 Å². The van der Waals surface area contributed by atoms with Gasteiger partial charge >= 0.3 is 0 Å². The molecule has 1 fully saturated rings. The van der Waals surface area contributed by atoms with Gasteiger partial charge in [0.05, 0.1) is 18.6 Å². The SMILES string of the molecule is O=[N+]([O-])[C@H]1[C@H](O)[C@H](O)[C@@H](OCc2ccccc2)[C@H](O)[C@@H]1CCO. The third kappa shape index (κ3) is 3.85. The number of nitrogens with zero attached hydrogens (tertiary/aromatic N) is 1. The molecule has 0 aliphatic heterocycles. The van der Waals surface area contributed by atoms with Crippen LogP contribution in [-0.4, -0.2) is 62.4 Å². The first-order valence-electron chi connectivity index (χ1n) is 7.41. The van der Waals surface area contributed by atoms with Crippen LogP contribution < -0.4 is 0 Å². The Morgan fingerprint density at radius 1 is 1.09 bits per heavy atom. The van der Waals surface area contributed by atoms with Gasteiger partial charge in [0.1, 0.15) is 18.3 Å². The highest BCUT2D eigenvalue weighted by Gasteiger charge is 2.55. The molecular weight excluding hydrogens is 306 g/mol. The number of hydrogen-bond acceptors (Lipinski definition) is 7. The number of nitro groups is 1. The number of aliphatic hydroxyl groups is 4. The average molecular weight is 327 g/mol. The van der Waals surface area contributed by atoms with Crippen molar-refractivity contribution in [2.75, 3.05) is 6.61 Å². The van der Waals surface area contributed by atoms with Crippen LogP contribution >= 0.6 is 0 Å². The van der Waals surface area contributed by atoms with E-state index in [1.807, 2.05) is 6.07 Å². The topological polar surface area (TPSA) is 133 Å². The lowest BCUT2D eigenvalue weighted by atomic mass is 9.75. The number of aliphatic hydroxyl groups excluding tert-OH is 4. The van der Waals surface area contributed by atoms with Crippen LogP contribution in [-0.2, 0) is 11.3 Å². The van der Waals surface area contributed by atoms with E-state index in [2.05, 4.69) is 0 Å². The van der Waals surface area contributed by atoms with E-state index in [1.54, 1.807) is 24.3 Å². The van der Waals surface area contributed by atoms with Gasteiger partial charge in [-0.15, -0.1) is 0 Å². The Bertz CT molecular complexity index is 512. The molecular formula is C15H21NO7. The zero-order chi connectivity index (χ0) is 17.0. The van der Waals surface area contributed by atoms with Crippen molar-refractivity contribution >= 4 is 0 Å². The van der Waals surface area contributed by atoms with E-state index in [0.717, 1.165) is 5.56 Å². The van der Waals surface area contributed by atoms with Gasteiger partial charge in [-0.3, -0.25) is 10.1 Å². The molecule has 1 aromatic carbocycles. The number of ether oxygens (including phenoxy) is 1. The van der Waals surface area contributed by atoms with Gasteiger partial charge in [0.25, 0.3) is 0 Å². The van der Waals surface area contributed by atoms with Crippen LogP contribution in [0.4, 0.5) is 0 Å². The summed E-state index contributed by atoms with van der Waals surface area (Å²) in [6.07, 6.45) is -5.86. The van der Waals surface area contributed by atoms with E-state index in [-0.39, 0.29) is 19.6 Å². The quantitative estimate of drug-likeness (QED) is 0.401. The molecule has 0 bridgehead atoms. The van der Waals surface area contributed by atoms with Crippen molar-refractivity contribution in [3.8, 4) is 0 Å². The fourth-order valence-electron chi connectivity index (χ4n) is 3.03. The zero-order valence-corrected chi connectivity index (χ0v) is 12.4. The lowest BCUT2D eigenvalue weighted by Gasteiger charge is -2.41. The second kappa shape index (κ2) is 7.80. The number of hydrogen-bond donors (Lipinski definition) is 4. The van der Waals surface area contributed by atoms with Gasteiger partial charge < -0.3 is 25.2 Å². The molecule has 0 spiro atoms. The van der Waals surface area contributed by atoms with E-state index in [1.165, 1.54) is 0 Å². The lowest BCUT2D eigenvalue weighted by Crippen LogP contribution is -2.64. The minimum atomic E-state index is -1.68. The third-order valence-electron chi connectivity index (χ3n) is 4.24. The Hall–Kier alpha value is -1.58. The molecule has 0 unspecified atom stereocenters. The first-order chi connectivity index (χ1) is 11.0. The van der Waals surface area contributed by atoms with E-state index in [4.69, 9.17) is 9.84 Å². The molecule has 0 radical (unpaired) electrons. The molecule has 0 amide bonds. The summed E-state index contributed by atoms with van der Waals surface area (Å²) in [5.41, 5.74) is 0.802. The molecule has 1 saturated carbocycles. The van der Waals surface area contributed by atoms with Crippen molar-refractivity contribution in [1.82, 2.24) is 0 Å². The van der Waals surface area contributed by atoms with Crippen LogP contribution in [0.2, 0.25) is 0 Å². The Morgan fingerprint density at radius 2 is 1.74 bits per heavy atom. The van der Waals surface area contributed by atoms with Gasteiger partial charge in [-0.05, 0) is 12.0 Å². The average Bonchev–Trinajstić information content (AvgIpc) is 2.53. The van der Waals surface area contributed by atoms with Crippen LogP contribution in [0.3, 0.4) is 0 Å². The van der Waals surface area contributed by atoms with Crippen molar-refractivity contribution in [2.45, 2.75) is 43.5 Å². The normalized spacial score (nSPS) is 34.3. The lowest BCUT2D eigenvalue weighted by molar-refractivity contribution is -0.556. The largest absolute Gasteiger partial charge is 0.396 e. The van der Waals surface area contributed by atoms with Gasteiger partial charge in [-0.25, -0.2) is 0 Å². The van der Waals surface area contributed by atoms with Crippen LogP contribution in [0.1, 0.15) is 12.0 Å². The Kier molecular flexibility index (Phi) is 6.03. The monoisotopic (exact) mass is 327 g/mol. The highest BCUT2D eigenvalue weighted by Crippen LogP contribution is 2.32. The molecule has 4 N–H and O–H groups in total. The van der Waals surface area contributed by atoms with Gasteiger partial charge in [0, 0.05) is 11.5 Å². The fourth-order valence-corrected chi connectivity index (χ4v) is 3.03. The standard InChI is InChI=1S/C15H21NO7/c17-7-6-10-11(16(21)22)13(19)14(20)15(12(10)18)23-8-9-4-2-1-3-5-9/h1-5,10-15,17-20H,6-8H2/t10-,11-,12-,13+,14+,15+/m1/s1.